The summed E-state index contributed by atoms with van der Waals surface area (Å²) in [6.45, 7) is 0. The van der Waals surface area contributed by atoms with Crippen molar-refractivity contribution in [3.8, 4) is 11.3 Å². The van der Waals surface area contributed by atoms with Gasteiger partial charge in [0, 0.05) is 16.0 Å². The van der Waals surface area contributed by atoms with Crippen LogP contribution in [-0.2, 0) is 4.79 Å². The monoisotopic (exact) mass is 408 g/mol. The highest BCUT2D eigenvalue weighted by atomic mass is 79.9. The summed E-state index contributed by atoms with van der Waals surface area (Å²) in [7, 11) is 0. The molecule has 1 saturated carbocycles. The summed E-state index contributed by atoms with van der Waals surface area (Å²) < 4.78 is 6.76. The first kappa shape index (κ1) is 16.8. The first-order valence-corrected chi connectivity index (χ1v) is 9.23. The lowest BCUT2D eigenvalue weighted by molar-refractivity contribution is -0.122. The van der Waals surface area contributed by atoms with E-state index in [4.69, 9.17) is 4.42 Å². The Hall–Kier alpha value is -2.66. The lowest BCUT2D eigenvalue weighted by atomic mass is 10.1. The van der Waals surface area contributed by atoms with Crippen LogP contribution in [0.4, 0.5) is 0 Å². The van der Waals surface area contributed by atoms with Gasteiger partial charge in [0.25, 0.3) is 0 Å². The molecule has 0 aliphatic heterocycles. The van der Waals surface area contributed by atoms with Gasteiger partial charge in [-0.05, 0) is 42.2 Å². The van der Waals surface area contributed by atoms with Crippen molar-refractivity contribution in [2.75, 3.05) is 0 Å². The summed E-state index contributed by atoms with van der Waals surface area (Å²) in [5.41, 5.74) is 4.81. The van der Waals surface area contributed by atoms with Crippen LogP contribution >= 0.6 is 15.9 Å². The SMILES string of the molecule is O=C(NN=Cc1ccc(-c2ccc(Br)cc2)o1)[C@@H]1C[C@@H]1c1ccccc1. The number of rotatable bonds is 5. The highest BCUT2D eigenvalue weighted by Crippen LogP contribution is 2.47. The second-order valence-corrected chi connectivity index (χ2v) is 7.22. The van der Waals surface area contributed by atoms with E-state index in [1.54, 1.807) is 0 Å². The van der Waals surface area contributed by atoms with Crippen molar-refractivity contribution in [3.63, 3.8) is 0 Å². The number of carbonyl (C=O) groups is 1. The van der Waals surface area contributed by atoms with Gasteiger partial charge in [0.15, 0.2) is 0 Å². The normalized spacial score (nSPS) is 18.8. The van der Waals surface area contributed by atoms with E-state index in [1.165, 1.54) is 11.8 Å². The first-order chi connectivity index (χ1) is 12.7. The van der Waals surface area contributed by atoms with Crippen molar-refractivity contribution in [1.82, 2.24) is 5.43 Å². The number of hydrogen-bond donors (Lipinski definition) is 1. The quantitative estimate of drug-likeness (QED) is 0.478. The first-order valence-electron chi connectivity index (χ1n) is 8.44. The van der Waals surface area contributed by atoms with Gasteiger partial charge in [-0.25, -0.2) is 5.43 Å². The van der Waals surface area contributed by atoms with Gasteiger partial charge in [-0.1, -0.05) is 58.4 Å². The number of furan rings is 1. The molecule has 1 aliphatic rings. The van der Waals surface area contributed by atoms with Crippen LogP contribution in [0.3, 0.4) is 0 Å². The molecular formula is C21H17BrN2O2. The third kappa shape index (κ3) is 3.78. The number of benzene rings is 2. The third-order valence-electron chi connectivity index (χ3n) is 4.48. The lowest BCUT2D eigenvalue weighted by Crippen LogP contribution is -2.20. The molecule has 4 rings (SSSR count). The average molecular weight is 409 g/mol. The average Bonchev–Trinajstić information content (AvgIpc) is 3.34. The summed E-state index contributed by atoms with van der Waals surface area (Å²) in [4.78, 5) is 12.2. The Bertz CT molecular complexity index is 932. The number of nitrogens with zero attached hydrogens (tertiary/aromatic N) is 1. The molecule has 1 amide bonds. The Labute approximate surface area is 160 Å². The van der Waals surface area contributed by atoms with E-state index >= 15 is 0 Å². The smallest absolute Gasteiger partial charge is 0.243 e. The molecule has 1 aliphatic carbocycles. The zero-order chi connectivity index (χ0) is 17.9. The molecule has 0 unspecified atom stereocenters. The van der Waals surface area contributed by atoms with Crippen LogP contribution in [0.25, 0.3) is 11.3 Å². The van der Waals surface area contributed by atoms with E-state index in [9.17, 15) is 4.79 Å². The van der Waals surface area contributed by atoms with E-state index in [1.807, 2.05) is 54.6 Å². The molecule has 1 N–H and O–H groups in total. The number of hydrazone groups is 1. The molecule has 3 aromatic rings. The van der Waals surface area contributed by atoms with Crippen LogP contribution in [0.5, 0.6) is 0 Å². The fourth-order valence-electron chi connectivity index (χ4n) is 2.99. The minimum atomic E-state index is -0.0465. The lowest BCUT2D eigenvalue weighted by Gasteiger charge is -1.99. The van der Waals surface area contributed by atoms with Crippen molar-refractivity contribution in [3.05, 3.63) is 82.5 Å². The molecule has 0 radical (unpaired) electrons. The number of hydrogen-bond acceptors (Lipinski definition) is 3. The van der Waals surface area contributed by atoms with E-state index in [0.717, 1.165) is 22.2 Å². The fraction of sp³-hybridized carbons (Fsp3) is 0.143. The Kier molecular flexibility index (Phi) is 4.71. The maximum absolute atomic E-state index is 12.2. The van der Waals surface area contributed by atoms with Gasteiger partial charge >= 0.3 is 0 Å². The molecule has 2 aromatic carbocycles. The highest BCUT2D eigenvalue weighted by molar-refractivity contribution is 9.10. The predicted molar refractivity (Wildman–Crippen MR) is 105 cm³/mol. The van der Waals surface area contributed by atoms with Crippen LogP contribution in [0.1, 0.15) is 23.7 Å². The van der Waals surface area contributed by atoms with Crippen molar-refractivity contribution >= 4 is 28.1 Å². The molecule has 0 bridgehead atoms. The standard InChI is InChI=1S/C21H17BrN2O2/c22-16-8-6-15(7-9-16)20-11-10-17(26-20)13-23-24-21(25)19-12-18(19)14-4-2-1-3-5-14/h1-11,13,18-19H,12H2,(H,24,25)/t18-,19-/m1/s1. The zero-order valence-corrected chi connectivity index (χ0v) is 15.5. The highest BCUT2D eigenvalue weighted by Gasteiger charge is 2.43. The summed E-state index contributed by atoms with van der Waals surface area (Å²) in [5, 5.41) is 4.03. The molecule has 4 nitrogen and oxygen atoms in total. The van der Waals surface area contributed by atoms with Crippen molar-refractivity contribution in [1.29, 1.82) is 0 Å². The topological polar surface area (TPSA) is 54.6 Å². The van der Waals surface area contributed by atoms with Crippen molar-refractivity contribution < 1.29 is 9.21 Å². The maximum atomic E-state index is 12.2. The minimum Gasteiger partial charge on any atom is -0.455 e. The molecule has 1 fully saturated rings. The van der Waals surface area contributed by atoms with Crippen LogP contribution in [0, 0.1) is 5.92 Å². The molecular weight excluding hydrogens is 392 g/mol. The number of nitrogens with one attached hydrogen (secondary N) is 1. The van der Waals surface area contributed by atoms with Gasteiger partial charge in [0.05, 0.1) is 6.21 Å². The van der Waals surface area contributed by atoms with E-state index in [2.05, 4.69) is 38.6 Å². The molecule has 1 aromatic heterocycles. The molecule has 0 saturated heterocycles. The van der Waals surface area contributed by atoms with Crippen LogP contribution in [-0.4, -0.2) is 12.1 Å². The Balaban J connectivity index is 1.33. The van der Waals surface area contributed by atoms with Gasteiger partial charge in [-0.3, -0.25) is 4.79 Å². The molecule has 2 atom stereocenters. The second-order valence-electron chi connectivity index (χ2n) is 6.30. The summed E-state index contributed by atoms with van der Waals surface area (Å²) in [6, 6.07) is 21.7. The second kappa shape index (κ2) is 7.30. The van der Waals surface area contributed by atoms with Gasteiger partial charge < -0.3 is 4.42 Å². The summed E-state index contributed by atoms with van der Waals surface area (Å²) in [6.07, 6.45) is 2.40. The summed E-state index contributed by atoms with van der Waals surface area (Å²) >= 11 is 3.41. The fourth-order valence-corrected chi connectivity index (χ4v) is 3.25. The Morgan fingerprint density at radius 2 is 1.85 bits per heavy atom. The van der Waals surface area contributed by atoms with Crippen molar-refractivity contribution in [2.45, 2.75) is 12.3 Å². The maximum Gasteiger partial charge on any atom is 0.243 e. The number of halogens is 1. The largest absolute Gasteiger partial charge is 0.455 e. The minimum absolute atomic E-state index is 0.00415. The van der Waals surface area contributed by atoms with Crippen LogP contribution in [0.2, 0.25) is 0 Å². The Morgan fingerprint density at radius 3 is 2.62 bits per heavy atom. The van der Waals surface area contributed by atoms with E-state index in [0.29, 0.717) is 11.7 Å². The molecule has 0 spiro atoms. The Morgan fingerprint density at radius 1 is 1.08 bits per heavy atom. The third-order valence-corrected chi connectivity index (χ3v) is 5.01. The molecule has 26 heavy (non-hydrogen) atoms. The molecule has 5 heteroatoms. The molecule has 1 heterocycles. The number of amides is 1. The van der Waals surface area contributed by atoms with Crippen molar-refractivity contribution in [2.24, 2.45) is 11.0 Å². The van der Waals surface area contributed by atoms with Gasteiger partial charge in [0.1, 0.15) is 11.5 Å². The number of carbonyl (C=O) groups excluding carboxylic acids is 1. The summed E-state index contributed by atoms with van der Waals surface area (Å²) in [5.74, 6) is 1.62. The van der Waals surface area contributed by atoms with E-state index < -0.39 is 0 Å². The van der Waals surface area contributed by atoms with Gasteiger partial charge in [-0.15, -0.1) is 0 Å². The zero-order valence-electron chi connectivity index (χ0n) is 13.9. The molecule has 130 valence electrons. The van der Waals surface area contributed by atoms with Crippen LogP contribution < -0.4 is 5.43 Å². The van der Waals surface area contributed by atoms with Gasteiger partial charge in [0.2, 0.25) is 5.91 Å². The van der Waals surface area contributed by atoms with Gasteiger partial charge in [-0.2, -0.15) is 5.10 Å². The van der Waals surface area contributed by atoms with Crippen LogP contribution in [0.15, 0.2) is 80.7 Å². The predicted octanol–water partition coefficient (Wildman–Crippen LogP) is 4.96. The van der Waals surface area contributed by atoms with E-state index in [-0.39, 0.29) is 11.8 Å².